The summed E-state index contributed by atoms with van der Waals surface area (Å²) in [4.78, 5) is 8.39. The lowest BCUT2D eigenvalue weighted by molar-refractivity contribution is 0.353. The molecular weight excluding hydrogens is 252 g/mol. The van der Waals surface area contributed by atoms with E-state index < -0.39 is 0 Å². The Kier molecular flexibility index (Phi) is 3.93. The van der Waals surface area contributed by atoms with Crippen LogP contribution >= 0.6 is 11.6 Å². The van der Waals surface area contributed by atoms with E-state index in [1.807, 2.05) is 0 Å². The highest BCUT2D eigenvalue weighted by molar-refractivity contribution is 6.32. The van der Waals surface area contributed by atoms with Gasteiger partial charge in [-0.2, -0.15) is 4.98 Å². The second-order valence-electron chi connectivity index (χ2n) is 4.46. The third-order valence-electron chi connectivity index (χ3n) is 2.70. The van der Waals surface area contributed by atoms with Gasteiger partial charge in [0.15, 0.2) is 0 Å². The van der Waals surface area contributed by atoms with Gasteiger partial charge in [0.1, 0.15) is 5.69 Å². The molecule has 18 heavy (non-hydrogen) atoms. The van der Waals surface area contributed by atoms with Crippen LogP contribution in [0.3, 0.4) is 0 Å². The Hall–Kier alpha value is -1.46. The molecule has 96 valence electrons. The van der Waals surface area contributed by atoms with Gasteiger partial charge in [0, 0.05) is 18.7 Å². The molecule has 5 nitrogen and oxygen atoms in total. The highest BCUT2D eigenvalue weighted by atomic mass is 35.5. The topological polar surface area (TPSA) is 77.8 Å². The first kappa shape index (κ1) is 13.0. The zero-order valence-electron chi connectivity index (χ0n) is 10.3. The standard InChI is InChI=1S/C12H15ClN4O/c1-7(2)9(14)6-10-16-12(17-18-10)11-8(13)4-3-5-15-11/h3-5,7,9H,6,14H2,1-2H3. The molecule has 2 rings (SSSR count). The molecule has 0 amide bonds. The molecule has 6 heteroatoms. The zero-order chi connectivity index (χ0) is 13.1. The monoisotopic (exact) mass is 266 g/mol. The number of nitrogens with two attached hydrogens (primary N) is 1. The zero-order valence-corrected chi connectivity index (χ0v) is 11.1. The number of aromatic nitrogens is 3. The van der Waals surface area contributed by atoms with Crippen molar-refractivity contribution in [3.05, 3.63) is 29.2 Å². The molecule has 0 saturated carbocycles. The van der Waals surface area contributed by atoms with Gasteiger partial charge in [0.2, 0.25) is 11.7 Å². The number of hydrogen-bond donors (Lipinski definition) is 1. The van der Waals surface area contributed by atoms with Gasteiger partial charge >= 0.3 is 0 Å². The molecule has 0 saturated heterocycles. The number of nitrogens with zero attached hydrogens (tertiary/aromatic N) is 3. The van der Waals surface area contributed by atoms with Crippen LogP contribution in [0.15, 0.2) is 22.9 Å². The van der Waals surface area contributed by atoms with Crippen LogP contribution in [0.2, 0.25) is 5.02 Å². The van der Waals surface area contributed by atoms with Crippen LogP contribution in [0.1, 0.15) is 19.7 Å². The van der Waals surface area contributed by atoms with Gasteiger partial charge in [-0.1, -0.05) is 30.6 Å². The van der Waals surface area contributed by atoms with Crippen LogP contribution in [0.4, 0.5) is 0 Å². The molecule has 2 N–H and O–H groups in total. The highest BCUT2D eigenvalue weighted by Gasteiger charge is 2.16. The minimum absolute atomic E-state index is 0.00231. The van der Waals surface area contributed by atoms with Gasteiger partial charge in [-0.05, 0) is 18.1 Å². The molecule has 0 aliphatic carbocycles. The van der Waals surface area contributed by atoms with E-state index >= 15 is 0 Å². The lowest BCUT2D eigenvalue weighted by Gasteiger charge is -2.11. The molecule has 1 unspecified atom stereocenters. The van der Waals surface area contributed by atoms with Crippen molar-refractivity contribution in [3.8, 4) is 11.5 Å². The van der Waals surface area contributed by atoms with E-state index in [0.717, 1.165) is 0 Å². The SMILES string of the molecule is CC(C)C(N)Cc1nc(-c2ncccc2Cl)no1. The summed E-state index contributed by atoms with van der Waals surface area (Å²) in [5, 5.41) is 4.37. The molecule has 0 radical (unpaired) electrons. The predicted molar refractivity (Wildman–Crippen MR) is 69.1 cm³/mol. The van der Waals surface area contributed by atoms with Crippen molar-refractivity contribution in [2.75, 3.05) is 0 Å². The van der Waals surface area contributed by atoms with E-state index in [9.17, 15) is 0 Å². The summed E-state index contributed by atoms with van der Waals surface area (Å²) in [5.74, 6) is 1.26. The summed E-state index contributed by atoms with van der Waals surface area (Å²) < 4.78 is 5.16. The smallest absolute Gasteiger partial charge is 0.228 e. The van der Waals surface area contributed by atoms with Crippen LogP contribution in [0.25, 0.3) is 11.5 Å². The van der Waals surface area contributed by atoms with Crippen LogP contribution in [0, 0.1) is 5.92 Å². The molecule has 0 bridgehead atoms. The lowest BCUT2D eigenvalue weighted by atomic mass is 10.0. The maximum absolute atomic E-state index is 6.02. The van der Waals surface area contributed by atoms with Crippen molar-refractivity contribution in [2.45, 2.75) is 26.3 Å². The van der Waals surface area contributed by atoms with Gasteiger partial charge < -0.3 is 10.3 Å². The fraction of sp³-hybridized carbons (Fsp3) is 0.417. The average Bonchev–Trinajstić information content (AvgIpc) is 2.77. The maximum Gasteiger partial charge on any atom is 0.228 e. The Morgan fingerprint density at radius 1 is 1.44 bits per heavy atom. The average molecular weight is 267 g/mol. The first-order chi connectivity index (χ1) is 8.58. The first-order valence-electron chi connectivity index (χ1n) is 5.77. The van der Waals surface area contributed by atoms with Gasteiger partial charge in [-0.15, -0.1) is 0 Å². The van der Waals surface area contributed by atoms with Crippen LogP contribution in [0.5, 0.6) is 0 Å². The van der Waals surface area contributed by atoms with Crippen molar-refractivity contribution >= 4 is 11.6 Å². The Labute approximate surface area is 110 Å². The Morgan fingerprint density at radius 2 is 2.22 bits per heavy atom. The fourth-order valence-corrected chi connectivity index (χ4v) is 1.63. The number of rotatable bonds is 4. The minimum Gasteiger partial charge on any atom is -0.339 e. The van der Waals surface area contributed by atoms with E-state index in [4.69, 9.17) is 21.9 Å². The molecule has 0 aromatic carbocycles. The fourth-order valence-electron chi connectivity index (χ4n) is 1.42. The van der Waals surface area contributed by atoms with E-state index in [2.05, 4.69) is 29.0 Å². The van der Waals surface area contributed by atoms with E-state index in [-0.39, 0.29) is 6.04 Å². The third kappa shape index (κ3) is 2.86. The summed E-state index contributed by atoms with van der Waals surface area (Å²) >= 11 is 6.02. The molecular formula is C12H15ClN4O. The summed E-state index contributed by atoms with van der Waals surface area (Å²) in [6, 6.07) is 3.49. The summed E-state index contributed by atoms with van der Waals surface area (Å²) in [6.45, 7) is 4.11. The number of hydrogen-bond acceptors (Lipinski definition) is 5. The van der Waals surface area contributed by atoms with Crippen LogP contribution in [-0.4, -0.2) is 21.2 Å². The molecule has 2 aromatic rings. The van der Waals surface area contributed by atoms with Gasteiger partial charge in [0.05, 0.1) is 5.02 Å². The highest BCUT2D eigenvalue weighted by Crippen LogP contribution is 2.22. The van der Waals surface area contributed by atoms with E-state index in [1.54, 1.807) is 18.3 Å². The first-order valence-corrected chi connectivity index (χ1v) is 6.14. The summed E-state index contributed by atoms with van der Waals surface area (Å²) in [5.41, 5.74) is 6.48. The van der Waals surface area contributed by atoms with Crippen molar-refractivity contribution < 1.29 is 4.52 Å². The Morgan fingerprint density at radius 3 is 2.89 bits per heavy atom. The Balaban J connectivity index is 2.18. The molecule has 0 spiro atoms. The van der Waals surface area contributed by atoms with Crippen molar-refractivity contribution in [1.82, 2.24) is 15.1 Å². The number of halogens is 1. The van der Waals surface area contributed by atoms with Crippen LogP contribution < -0.4 is 5.73 Å². The quantitative estimate of drug-likeness (QED) is 0.919. The van der Waals surface area contributed by atoms with Crippen molar-refractivity contribution in [2.24, 2.45) is 11.7 Å². The largest absolute Gasteiger partial charge is 0.339 e. The second-order valence-corrected chi connectivity index (χ2v) is 4.86. The third-order valence-corrected chi connectivity index (χ3v) is 3.01. The van der Waals surface area contributed by atoms with Gasteiger partial charge in [-0.3, -0.25) is 4.98 Å². The second kappa shape index (κ2) is 5.46. The molecule has 1 atom stereocenters. The van der Waals surface area contributed by atoms with Crippen molar-refractivity contribution in [1.29, 1.82) is 0 Å². The maximum atomic E-state index is 6.02. The molecule has 0 aliphatic heterocycles. The molecule has 0 fully saturated rings. The summed E-state index contributed by atoms with van der Waals surface area (Å²) in [6.07, 6.45) is 2.19. The summed E-state index contributed by atoms with van der Waals surface area (Å²) in [7, 11) is 0. The van der Waals surface area contributed by atoms with Crippen molar-refractivity contribution in [3.63, 3.8) is 0 Å². The normalized spacial score (nSPS) is 12.9. The minimum atomic E-state index is -0.00231. The molecule has 2 heterocycles. The van der Waals surface area contributed by atoms with Gasteiger partial charge in [-0.25, -0.2) is 0 Å². The lowest BCUT2D eigenvalue weighted by Crippen LogP contribution is -2.28. The Bertz CT molecular complexity index is 526. The van der Waals surface area contributed by atoms with Crippen LogP contribution in [-0.2, 0) is 6.42 Å². The predicted octanol–water partition coefficient (Wildman–Crippen LogP) is 2.31. The van der Waals surface area contributed by atoms with E-state index in [1.165, 1.54) is 0 Å². The number of pyridine rings is 1. The van der Waals surface area contributed by atoms with Gasteiger partial charge in [0.25, 0.3) is 0 Å². The molecule has 0 aliphatic rings. The van der Waals surface area contributed by atoms with E-state index in [0.29, 0.717) is 34.8 Å². The molecule has 2 aromatic heterocycles.